The van der Waals surface area contributed by atoms with Gasteiger partial charge in [0.15, 0.2) is 0 Å². The molecule has 0 bridgehead atoms. The van der Waals surface area contributed by atoms with Crippen molar-refractivity contribution in [3.05, 3.63) is 35.9 Å². The largest absolute Gasteiger partial charge is 0.462 e. The zero-order valence-electron chi connectivity index (χ0n) is 18.0. The van der Waals surface area contributed by atoms with Crippen molar-refractivity contribution in [1.82, 2.24) is 4.31 Å². The number of ether oxygens (including phenoxy) is 2. The van der Waals surface area contributed by atoms with Crippen LogP contribution in [0.15, 0.2) is 35.2 Å². The summed E-state index contributed by atoms with van der Waals surface area (Å²) in [6.45, 7) is 3.89. The van der Waals surface area contributed by atoms with Crippen molar-refractivity contribution in [3.63, 3.8) is 0 Å². The average Bonchev–Trinajstić information content (AvgIpc) is 2.84. The number of morpholine rings is 1. The van der Waals surface area contributed by atoms with Crippen LogP contribution in [-0.4, -0.2) is 64.7 Å². The SMILES string of the molecule is O=C(OCC1CC=CCC1)c1cc(S(=O)(=O)N2CCCCC2)ccc1N1CCOCC1. The standard InChI is InChI=1S/C23H32N2O5S/c26-23(30-18-19-7-3-1-4-8-19)21-17-20(31(27,28)25-11-5-2-6-12-25)9-10-22(21)24-13-15-29-16-14-24/h1,3,9-10,17,19H,2,4-8,11-16,18H2. The van der Waals surface area contributed by atoms with E-state index in [1.165, 1.54) is 10.4 Å². The molecule has 4 rings (SSSR count). The van der Waals surface area contributed by atoms with Gasteiger partial charge in [-0.05, 0) is 56.2 Å². The molecule has 2 saturated heterocycles. The quantitative estimate of drug-likeness (QED) is 0.491. The molecule has 0 amide bonds. The number of hydrogen-bond acceptors (Lipinski definition) is 6. The van der Waals surface area contributed by atoms with Crippen LogP contribution in [0, 0.1) is 5.92 Å². The molecule has 8 heteroatoms. The smallest absolute Gasteiger partial charge is 0.340 e. The maximum atomic E-state index is 13.2. The van der Waals surface area contributed by atoms with E-state index in [4.69, 9.17) is 9.47 Å². The van der Waals surface area contributed by atoms with E-state index >= 15 is 0 Å². The van der Waals surface area contributed by atoms with Gasteiger partial charge in [0.2, 0.25) is 10.0 Å². The van der Waals surface area contributed by atoms with Crippen LogP contribution < -0.4 is 4.90 Å². The molecule has 2 aliphatic heterocycles. The number of esters is 1. The summed E-state index contributed by atoms with van der Waals surface area (Å²) in [6.07, 6.45) is 10.00. The molecule has 2 heterocycles. The van der Waals surface area contributed by atoms with E-state index in [1.54, 1.807) is 12.1 Å². The van der Waals surface area contributed by atoms with E-state index < -0.39 is 16.0 Å². The molecule has 7 nitrogen and oxygen atoms in total. The number of nitrogens with zero attached hydrogens (tertiary/aromatic N) is 2. The van der Waals surface area contributed by atoms with E-state index in [0.717, 1.165) is 44.2 Å². The Morgan fingerprint density at radius 2 is 1.84 bits per heavy atom. The lowest BCUT2D eigenvalue weighted by atomic mass is 9.95. The number of carbonyl (C=O) groups is 1. The molecule has 1 unspecified atom stereocenters. The Labute approximate surface area is 185 Å². The molecule has 0 saturated carbocycles. The van der Waals surface area contributed by atoms with Crippen LogP contribution in [0.1, 0.15) is 48.9 Å². The third-order valence-electron chi connectivity index (χ3n) is 6.32. The highest BCUT2D eigenvalue weighted by atomic mass is 32.2. The van der Waals surface area contributed by atoms with Crippen LogP contribution in [0.2, 0.25) is 0 Å². The number of hydrogen-bond donors (Lipinski definition) is 0. The molecule has 1 aromatic rings. The Balaban J connectivity index is 1.59. The molecule has 0 aromatic heterocycles. The van der Waals surface area contributed by atoms with Gasteiger partial charge in [-0.1, -0.05) is 18.6 Å². The van der Waals surface area contributed by atoms with Crippen LogP contribution in [0.3, 0.4) is 0 Å². The molecule has 1 aromatic carbocycles. The summed E-state index contributed by atoms with van der Waals surface area (Å²) in [5.74, 6) is -0.132. The third-order valence-corrected chi connectivity index (χ3v) is 8.21. The number of piperidine rings is 1. The lowest BCUT2D eigenvalue weighted by molar-refractivity contribution is 0.0432. The molecule has 170 valence electrons. The number of allylic oxidation sites excluding steroid dienone is 2. The normalized spacial score (nSPS) is 23.0. The first kappa shape index (κ1) is 22.3. The average molecular weight is 449 g/mol. The van der Waals surface area contributed by atoms with Crippen molar-refractivity contribution < 1.29 is 22.7 Å². The second kappa shape index (κ2) is 10.1. The fourth-order valence-electron chi connectivity index (χ4n) is 4.45. The zero-order chi connectivity index (χ0) is 21.7. The van der Waals surface area contributed by atoms with Crippen molar-refractivity contribution in [2.45, 2.75) is 43.4 Å². The highest BCUT2D eigenvalue weighted by Gasteiger charge is 2.29. The molecule has 1 aliphatic carbocycles. The highest BCUT2D eigenvalue weighted by molar-refractivity contribution is 7.89. The van der Waals surface area contributed by atoms with E-state index in [0.29, 0.717) is 57.5 Å². The van der Waals surface area contributed by atoms with Crippen molar-refractivity contribution in [3.8, 4) is 0 Å². The number of benzene rings is 1. The summed E-state index contributed by atoms with van der Waals surface area (Å²) >= 11 is 0. The molecule has 0 spiro atoms. The summed E-state index contributed by atoms with van der Waals surface area (Å²) in [5.41, 5.74) is 1.04. The van der Waals surface area contributed by atoms with E-state index in [1.807, 2.05) is 0 Å². The van der Waals surface area contributed by atoms with Gasteiger partial charge in [-0.2, -0.15) is 4.31 Å². The van der Waals surface area contributed by atoms with Gasteiger partial charge in [-0.3, -0.25) is 0 Å². The maximum absolute atomic E-state index is 13.2. The lowest BCUT2D eigenvalue weighted by Crippen LogP contribution is -2.38. The Hall–Kier alpha value is -1.90. The molecule has 2 fully saturated rings. The highest BCUT2D eigenvalue weighted by Crippen LogP contribution is 2.29. The van der Waals surface area contributed by atoms with Crippen LogP contribution in [0.25, 0.3) is 0 Å². The minimum absolute atomic E-state index is 0.166. The topological polar surface area (TPSA) is 76.2 Å². The monoisotopic (exact) mass is 448 g/mol. The second-order valence-electron chi connectivity index (χ2n) is 8.49. The fraction of sp³-hybridized carbons (Fsp3) is 0.609. The van der Waals surface area contributed by atoms with Crippen molar-refractivity contribution >= 4 is 21.7 Å². The Morgan fingerprint density at radius 1 is 1.06 bits per heavy atom. The summed E-state index contributed by atoms with van der Waals surface area (Å²) in [7, 11) is -3.63. The molecular weight excluding hydrogens is 416 g/mol. The number of carbonyl (C=O) groups excluding carboxylic acids is 1. The van der Waals surface area contributed by atoms with Crippen LogP contribution >= 0.6 is 0 Å². The van der Waals surface area contributed by atoms with Gasteiger partial charge in [-0.25, -0.2) is 13.2 Å². The van der Waals surface area contributed by atoms with Crippen molar-refractivity contribution in [1.29, 1.82) is 0 Å². The summed E-state index contributed by atoms with van der Waals surface area (Å²) in [4.78, 5) is 15.3. The summed E-state index contributed by atoms with van der Waals surface area (Å²) < 4.78 is 39.0. The van der Waals surface area contributed by atoms with Crippen LogP contribution in [0.4, 0.5) is 5.69 Å². The summed E-state index contributed by atoms with van der Waals surface area (Å²) in [6, 6.07) is 4.89. The van der Waals surface area contributed by atoms with E-state index in [2.05, 4.69) is 17.1 Å². The summed E-state index contributed by atoms with van der Waals surface area (Å²) in [5, 5.41) is 0. The van der Waals surface area contributed by atoms with Crippen LogP contribution in [0.5, 0.6) is 0 Å². The second-order valence-corrected chi connectivity index (χ2v) is 10.4. The van der Waals surface area contributed by atoms with Crippen LogP contribution in [-0.2, 0) is 19.5 Å². The van der Waals surface area contributed by atoms with Gasteiger partial charge in [0.05, 0.1) is 36.0 Å². The molecule has 1 atom stereocenters. The number of anilines is 1. The van der Waals surface area contributed by atoms with Gasteiger partial charge in [-0.15, -0.1) is 0 Å². The minimum Gasteiger partial charge on any atom is -0.462 e. The molecule has 31 heavy (non-hydrogen) atoms. The van der Waals surface area contributed by atoms with E-state index in [-0.39, 0.29) is 4.90 Å². The maximum Gasteiger partial charge on any atom is 0.340 e. The van der Waals surface area contributed by atoms with E-state index in [9.17, 15) is 13.2 Å². The first-order valence-electron chi connectivity index (χ1n) is 11.3. The number of sulfonamides is 1. The predicted octanol–water partition coefficient (Wildman–Crippen LogP) is 3.21. The van der Waals surface area contributed by atoms with Gasteiger partial charge >= 0.3 is 5.97 Å². The molecular formula is C23H32N2O5S. The fourth-order valence-corrected chi connectivity index (χ4v) is 6.00. The third kappa shape index (κ3) is 5.30. The van der Waals surface area contributed by atoms with Crippen molar-refractivity contribution in [2.75, 3.05) is 50.9 Å². The van der Waals surface area contributed by atoms with Crippen molar-refractivity contribution in [2.24, 2.45) is 5.92 Å². The molecule has 0 N–H and O–H groups in total. The predicted molar refractivity (Wildman–Crippen MR) is 119 cm³/mol. The molecule has 3 aliphatic rings. The number of rotatable bonds is 6. The molecule has 0 radical (unpaired) electrons. The van der Waals surface area contributed by atoms with Gasteiger partial charge in [0, 0.05) is 26.2 Å². The first-order valence-corrected chi connectivity index (χ1v) is 12.8. The minimum atomic E-state index is -3.63. The zero-order valence-corrected chi connectivity index (χ0v) is 18.8. The van der Waals surface area contributed by atoms with Gasteiger partial charge in [0.25, 0.3) is 0 Å². The lowest BCUT2D eigenvalue weighted by Gasteiger charge is -2.31. The first-order chi connectivity index (χ1) is 15.1. The van der Waals surface area contributed by atoms with Gasteiger partial charge in [0.1, 0.15) is 0 Å². The Bertz CT molecular complexity index is 903. The van der Waals surface area contributed by atoms with Gasteiger partial charge < -0.3 is 14.4 Å². The Kier molecular flexibility index (Phi) is 7.30. The Morgan fingerprint density at radius 3 is 2.55 bits per heavy atom.